The van der Waals surface area contributed by atoms with Crippen LogP contribution in [0.3, 0.4) is 0 Å². The van der Waals surface area contributed by atoms with Crippen LogP contribution in [0.25, 0.3) is 0 Å². The molecule has 0 unspecified atom stereocenters. The van der Waals surface area contributed by atoms with Crippen molar-refractivity contribution in [3.8, 4) is 0 Å². The molecule has 230 valence electrons. The van der Waals surface area contributed by atoms with Crippen LogP contribution in [0.1, 0.15) is 0 Å². The second-order valence-electron chi connectivity index (χ2n) is 9.34. The van der Waals surface area contributed by atoms with E-state index in [1.54, 1.807) is 60.7 Å². The third-order valence-corrected chi connectivity index (χ3v) is 6.16. The molecule has 0 radical (unpaired) electrons. The summed E-state index contributed by atoms with van der Waals surface area (Å²) in [7, 11) is 0. The van der Waals surface area contributed by atoms with Crippen molar-refractivity contribution in [3.05, 3.63) is 109 Å². The van der Waals surface area contributed by atoms with E-state index in [0.717, 1.165) is 24.3 Å². The molecule has 4 N–H and O–H groups in total. The molecule has 44 heavy (non-hydrogen) atoms. The molecule has 0 atom stereocenters. The highest BCUT2D eigenvalue weighted by molar-refractivity contribution is 5.99. The van der Waals surface area contributed by atoms with Crippen LogP contribution in [0.5, 0.6) is 0 Å². The topological polar surface area (TPSA) is 82.3 Å². The zero-order valence-electron chi connectivity index (χ0n) is 22.2. The van der Waals surface area contributed by atoms with Crippen molar-refractivity contribution in [1.82, 2.24) is 0 Å². The number of nitrogens with one attached hydrogen (secondary N) is 4. The van der Waals surface area contributed by atoms with Crippen LogP contribution < -0.4 is 21.3 Å². The number of hydrogen-bond donors (Lipinski definition) is 4. The van der Waals surface area contributed by atoms with Gasteiger partial charge in [0, 0.05) is 34.1 Å². The normalized spacial score (nSPS) is 12.3. The molecule has 4 rings (SSSR count). The van der Waals surface area contributed by atoms with Gasteiger partial charge in [-0.3, -0.25) is 9.59 Å². The van der Waals surface area contributed by atoms with Gasteiger partial charge in [0.05, 0.1) is 0 Å². The summed E-state index contributed by atoms with van der Waals surface area (Å²) < 4.78 is 116. The first-order valence-electron chi connectivity index (χ1n) is 12.6. The van der Waals surface area contributed by atoms with Crippen LogP contribution in [0.4, 0.5) is 69.2 Å². The van der Waals surface area contributed by atoms with Gasteiger partial charge in [-0.05, 0) is 72.8 Å². The van der Waals surface area contributed by atoms with Crippen molar-refractivity contribution in [3.63, 3.8) is 0 Å². The molecule has 0 aromatic heterocycles. The fourth-order valence-corrected chi connectivity index (χ4v) is 3.75. The molecule has 14 heteroatoms. The first-order chi connectivity index (χ1) is 20.6. The molecule has 0 spiro atoms. The van der Waals surface area contributed by atoms with Crippen LogP contribution in [0.2, 0.25) is 0 Å². The number of anilines is 6. The summed E-state index contributed by atoms with van der Waals surface area (Å²) in [6.45, 7) is 0. The Morgan fingerprint density at radius 3 is 0.932 bits per heavy atom. The molecule has 0 aliphatic heterocycles. The Morgan fingerprint density at radius 1 is 0.386 bits per heavy atom. The number of carbonyl (C=O) groups excluding carboxylic acids is 2. The van der Waals surface area contributed by atoms with E-state index in [4.69, 9.17) is 0 Å². The molecular weight excluding hydrogens is 600 g/mol. The monoisotopic (exact) mass is 622 g/mol. The van der Waals surface area contributed by atoms with E-state index < -0.39 is 46.9 Å². The van der Waals surface area contributed by atoms with Gasteiger partial charge in [-0.15, -0.1) is 0 Å². The minimum atomic E-state index is -7.01. The average molecular weight is 623 g/mol. The van der Waals surface area contributed by atoms with E-state index in [-0.39, 0.29) is 0 Å². The number of alkyl halides is 8. The molecule has 0 aliphatic rings. The standard InChI is InChI=1S/C30H22F8N4O2/c31-27(32,25(43)41-23-15-11-21(12-16-23)39-19-7-3-1-4-8-19)29(35,36)30(37,38)28(33,34)26(44)42-24-17-13-22(14-18-24)40-20-9-5-2-6-10-20/h1-18,39-40H,(H,41,43)(H,42,44). The van der Waals surface area contributed by atoms with Crippen molar-refractivity contribution >= 4 is 45.9 Å². The summed E-state index contributed by atoms with van der Waals surface area (Å²) >= 11 is 0. The second kappa shape index (κ2) is 12.2. The summed E-state index contributed by atoms with van der Waals surface area (Å²) in [6, 6.07) is 26.0. The molecule has 0 saturated carbocycles. The van der Waals surface area contributed by atoms with Gasteiger partial charge in [0.1, 0.15) is 0 Å². The number of hydrogen-bond acceptors (Lipinski definition) is 4. The molecule has 6 nitrogen and oxygen atoms in total. The number of rotatable bonds is 11. The first kappa shape index (κ1) is 31.8. The van der Waals surface area contributed by atoms with Gasteiger partial charge in [0.15, 0.2) is 0 Å². The van der Waals surface area contributed by atoms with Crippen molar-refractivity contribution in [2.24, 2.45) is 0 Å². The quantitative estimate of drug-likeness (QED) is 0.127. The van der Waals surface area contributed by atoms with Gasteiger partial charge in [0.25, 0.3) is 0 Å². The lowest BCUT2D eigenvalue weighted by atomic mass is 9.97. The van der Waals surface area contributed by atoms with Gasteiger partial charge < -0.3 is 21.3 Å². The molecule has 4 aromatic rings. The molecule has 0 fully saturated rings. The summed E-state index contributed by atoms with van der Waals surface area (Å²) in [5.41, 5.74) is 0.958. The summed E-state index contributed by atoms with van der Waals surface area (Å²) in [4.78, 5) is 24.0. The van der Waals surface area contributed by atoms with Gasteiger partial charge in [0.2, 0.25) is 0 Å². The first-order valence-corrected chi connectivity index (χ1v) is 12.6. The number of amides is 2. The van der Waals surface area contributed by atoms with Crippen LogP contribution >= 0.6 is 0 Å². The van der Waals surface area contributed by atoms with Gasteiger partial charge >= 0.3 is 35.5 Å². The zero-order valence-corrected chi connectivity index (χ0v) is 22.2. The average Bonchev–Trinajstić information content (AvgIpc) is 2.99. The second-order valence-corrected chi connectivity index (χ2v) is 9.34. The lowest BCUT2D eigenvalue weighted by molar-refractivity contribution is -0.345. The van der Waals surface area contributed by atoms with E-state index >= 15 is 0 Å². The molecule has 0 aliphatic carbocycles. The molecule has 0 saturated heterocycles. The Balaban J connectivity index is 1.43. The minimum absolute atomic E-state index is 0.380. The summed E-state index contributed by atoms with van der Waals surface area (Å²) in [6.07, 6.45) is 0. The highest BCUT2D eigenvalue weighted by atomic mass is 19.4. The van der Waals surface area contributed by atoms with Gasteiger partial charge in [-0.1, -0.05) is 36.4 Å². The Bertz CT molecular complexity index is 1460. The van der Waals surface area contributed by atoms with Crippen LogP contribution in [-0.4, -0.2) is 35.5 Å². The SMILES string of the molecule is O=C(Nc1ccc(Nc2ccccc2)cc1)C(F)(F)C(F)(F)C(F)(F)C(F)(F)C(=O)Nc1ccc(Nc2ccccc2)cc1. The number of carbonyl (C=O) groups is 2. The van der Waals surface area contributed by atoms with Crippen LogP contribution in [0, 0.1) is 0 Å². The number of benzene rings is 4. The smallest absolute Gasteiger partial charge is 0.356 e. The van der Waals surface area contributed by atoms with Crippen molar-refractivity contribution in [2.45, 2.75) is 23.7 Å². The van der Waals surface area contributed by atoms with Crippen LogP contribution in [0.15, 0.2) is 109 Å². The molecular formula is C30H22F8N4O2. The van der Waals surface area contributed by atoms with E-state index in [2.05, 4.69) is 10.6 Å². The van der Waals surface area contributed by atoms with Crippen molar-refractivity contribution < 1.29 is 44.7 Å². The maximum absolute atomic E-state index is 14.5. The lowest BCUT2D eigenvalue weighted by Gasteiger charge is -2.35. The van der Waals surface area contributed by atoms with Gasteiger partial charge in [-0.25, -0.2) is 0 Å². The summed E-state index contributed by atoms with van der Waals surface area (Å²) in [5, 5.41) is 8.45. The predicted octanol–water partition coefficient (Wildman–Crippen LogP) is 8.29. The highest BCUT2D eigenvalue weighted by Gasteiger charge is 2.84. The molecule has 0 heterocycles. The fourth-order valence-electron chi connectivity index (χ4n) is 3.75. The summed E-state index contributed by atoms with van der Waals surface area (Å²) in [5.74, 6) is -32.8. The zero-order chi connectivity index (χ0) is 32.2. The Hall–Kier alpha value is -5.14. The third-order valence-electron chi connectivity index (χ3n) is 6.16. The molecule has 4 aromatic carbocycles. The Kier molecular flexibility index (Phi) is 8.83. The van der Waals surface area contributed by atoms with Gasteiger partial charge in [-0.2, -0.15) is 35.1 Å². The van der Waals surface area contributed by atoms with Crippen molar-refractivity contribution in [1.29, 1.82) is 0 Å². The Morgan fingerprint density at radius 2 is 0.636 bits per heavy atom. The fraction of sp³-hybridized carbons (Fsp3) is 0.133. The molecule has 0 bridgehead atoms. The third kappa shape index (κ3) is 6.43. The van der Waals surface area contributed by atoms with E-state index in [9.17, 15) is 44.7 Å². The highest BCUT2D eigenvalue weighted by Crippen LogP contribution is 2.53. The largest absolute Gasteiger partial charge is 0.393 e. The van der Waals surface area contributed by atoms with E-state index in [1.807, 2.05) is 0 Å². The number of para-hydroxylation sites is 2. The number of halogens is 8. The van der Waals surface area contributed by atoms with E-state index in [0.29, 0.717) is 22.7 Å². The van der Waals surface area contributed by atoms with Crippen LogP contribution in [-0.2, 0) is 9.59 Å². The predicted molar refractivity (Wildman–Crippen MR) is 149 cm³/mol. The maximum Gasteiger partial charge on any atom is 0.393 e. The Labute approximate surface area is 245 Å². The lowest BCUT2D eigenvalue weighted by Crippen LogP contribution is -2.67. The maximum atomic E-state index is 14.5. The minimum Gasteiger partial charge on any atom is -0.356 e. The van der Waals surface area contributed by atoms with E-state index in [1.165, 1.54) is 34.9 Å². The molecule has 2 amide bonds. The van der Waals surface area contributed by atoms with Crippen molar-refractivity contribution in [2.75, 3.05) is 21.3 Å².